The Bertz CT molecular complexity index is 942. The Hall–Kier alpha value is -3.41. The molecule has 0 unspecified atom stereocenters. The average molecular weight is 331 g/mol. The Balaban J connectivity index is 1.60. The first-order valence-corrected chi connectivity index (χ1v) is 8.07. The number of para-hydroxylation sites is 1. The number of aromatic amines is 1. The lowest BCUT2D eigenvalue weighted by Crippen LogP contribution is -2.32. The molecule has 6 heteroatoms. The molecule has 0 aliphatic carbocycles. The molecule has 0 saturated heterocycles. The van der Waals surface area contributed by atoms with Gasteiger partial charge in [-0.25, -0.2) is 0 Å². The van der Waals surface area contributed by atoms with E-state index in [-0.39, 0.29) is 11.9 Å². The topological polar surface area (TPSA) is 75.6 Å². The maximum Gasteiger partial charge on any atom is 0.268 e. The van der Waals surface area contributed by atoms with Crippen LogP contribution in [0.1, 0.15) is 22.1 Å². The normalized spacial score (nSPS) is 12.2. The molecule has 25 heavy (non-hydrogen) atoms. The SMILES string of the molecule is O=C(N[C@@H](Cn1nccn1)c1ccccc1)c1cc2ccccc2[nH]1. The third-order valence-electron chi connectivity index (χ3n) is 4.09. The van der Waals surface area contributed by atoms with Crippen molar-refractivity contribution in [2.75, 3.05) is 0 Å². The number of benzene rings is 2. The first-order valence-electron chi connectivity index (χ1n) is 8.07. The second kappa shape index (κ2) is 6.60. The van der Waals surface area contributed by atoms with Gasteiger partial charge in [-0.2, -0.15) is 15.0 Å². The van der Waals surface area contributed by atoms with E-state index in [0.29, 0.717) is 12.2 Å². The van der Waals surface area contributed by atoms with Gasteiger partial charge >= 0.3 is 0 Å². The molecule has 0 saturated carbocycles. The lowest BCUT2D eigenvalue weighted by molar-refractivity contribution is 0.0926. The standard InChI is InChI=1S/C19H17N5O/c25-19(17-12-15-8-4-5-9-16(15)22-17)23-18(13-24-20-10-11-21-24)14-6-2-1-3-7-14/h1-12,18,22H,13H2,(H,23,25)/t18-/m0/s1. The zero-order valence-corrected chi connectivity index (χ0v) is 13.5. The van der Waals surface area contributed by atoms with Crippen LogP contribution >= 0.6 is 0 Å². The van der Waals surface area contributed by atoms with Crippen LogP contribution in [0.5, 0.6) is 0 Å². The highest BCUT2D eigenvalue weighted by Gasteiger charge is 2.18. The van der Waals surface area contributed by atoms with E-state index < -0.39 is 0 Å². The number of nitrogens with one attached hydrogen (secondary N) is 2. The van der Waals surface area contributed by atoms with Gasteiger partial charge in [0.05, 0.1) is 25.0 Å². The van der Waals surface area contributed by atoms with Crippen molar-refractivity contribution < 1.29 is 4.79 Å². The second-order valence-corrected chi connectivity index (χ2v) is 5.79. The summed E-state index contributed by atoms with van der Waals surface area (Å²) in [7, 11) is 0. The lowest BCUT2D eigenvalue weighted by Gasteiger charge is -2.18. The van der Waals surface area contributed by atoms with Crippen LogP contribution in [0.25, 0.3) is 10.9 Å². The van der Waals surface area contributed by atoms with E-state index in [1.165, 1.54) is 0 Å². The van der Waals surface area contributed by atoms with Crippen molar-refractivity contribution in [1.82, 2.24) is 25.3 Å². The zero-order chi connectivity index (χ0) is 17.1. The molecule has 2 aromatic heterocycles. The Labute approximate surface area is 144 Å². The lowest BCUT2D eigenvalue weighted by atomic mass is 10.1. The van der Waals surface area contributed by atoms with Gasteiger partial charge in [-0.05, 0) is 17.7 Å². The molecule has 0 fully saturated rings. The number of rotatable bonds is 5. The summed E-state index contributed by atoms with van der Waals surface area (Å²) in [4.78, 5) is 17.5. The van der Waals surface area contributed by atoms with Crippen LogP contribution in [0.3, 0.4) is 0 Å². The van der Waals surface area contributed by atoms with E-state index in [4.69, 9.17) is 0 Å². The Morgan fingerprint density at radius 3 is 2.52 bits per heavy atom. The summed E-state index contributed by atoms with van der Waals surface area (Å²) in [5.41, 5.74) is 2.48. The van der Waals surface area contributed by atoms with Crippen LogP contribution in [-0.4, -0.2) is 25.9 Å². The minimum Gasteiger partial charge on any atom is -0.351 e. The first kappa shape index (κ1) is 15.1. The average Bonchev–Trinajstić information content (AvgIpc) is 3.31. The number of nitrogens with zero attached hydrogens (tertiary/aromatic N) is 3. The fraction of sp³-hybridized carbons (Fsp3) is 0.105. The van der Waals surface area contributed by atoms with Crippen LogP contribution in [0, 0.1) is 0 Å². The minimum atomic E-state index is -0.229. The maximum atomic E-state index is 12.7. The summed E-state index contributed by atoms with van der Waals surface area (Å²) in [6.07, 6.45) is 3.25. The van der Waals surface area contributed by atoms with Gasteiger partial charge in [0.2, 0.25) is 0 Å². The second-order valence-electron chi connectivity index (χ2n) is 5.79. The van der Waals surface area contributed by atoms with Crippen molar-refractivity contribution in [3.63, 3.8) is 0 Å². The summed E-state index contributed by atoms with van der Waals surface area (Å²) < 4.78 is 0. The van der Waals surface area contributed by atoms with Crippen molar-refractivity contribution in [1.29, 1.82) is 0 Å². The summed E-state index contributed by atoms with van der Waals surface area (Å²) in [5, 5.41) is 12.4. The highest BCUT2D eigenvalue weighted by Crippen LogP contribution is 2.18. The van der Waals surface area contributed by atoms with E-state index >= 15 is 0 Å². The number of amides is 1. The Kier molecular flexibility index (Phi) is 4.00. The third-order valence-corrected chi connectivity index (χ3v) is 4.09. The predicted molar refractivity (Wildman–Crippen MR) is 95.0 cm³/mol. The monoisotopic (exact) mass is 331 g/mol. The molecule has 0 bridgehead atoms. The van der Waals surface area contributed by atoms with Crippen LogP contribution in [0.4, 0.5) is 0 Å². The fourth-order valence-electron chi connectivity index (χ4n) is 2.85. The third kappa shape index (κ3) is 3.28. The number of hydrogen-bond donors (Lipinski definition) is 2. The smallest absolute Gasteiger partial charge is 0.268 e. The van der Waals surface area contributed by atoms with Crippen molar-refractivity contribution in [3.8, 4) is 0 Å². The van der Waals surface area contributed by atoms with Gasteiger partial charge in [0, 0.05) is 10.9 Å². The van der Waals surface area contributed by atoms with Gasteiger partial charge in [-0.3, -0.25) is 4.79 Å². The van der Waals surface area contributed by atoms with Crippen LogP contribution in [0.2, 0.25) is 0 Å². The Morgan fingerprint density at radius 2 is 1.76 bits per heavy atom. The number of H-pyrrole nitrogens is 1. The molecule has 0 radical (unpaired) electrons. The highest BCUT2D eigenvalue weighted by atomic mass is 16.2. The van der Waals surface area contributed by atoms with E-state index in [9.17, 15) is 4.79 Å². The van der Waals surface area contributed by atoms with Gasteiger partial charge < -0.3 is 10.3 Å². The molecule has 2 N–H and O–H groups in total. The quantitative estimate of drug-likeness (QED) is 0.590. The number of carbonyl (C=O) groups is 1. The molecule has 6 nitrogen and oxygen atoms in total. The first-order chi connectivity index (χ1) is 12.3. The summed E-state index contributed by atoms with van der Waals surface area (Å²) in [6, 6.07) is 19.3. The molecule has 4 aromatic rings. The molecule has 0 spiro atoms. The van der Waals surface area contributed by atoms with Gasteiger partial charge in [0.1, 0.15) is 5.69 Å². The molecule has 2 heterocycles. The number of aromatic nitrogens is 4. The molecule has 0 aliphatic rings. The van der Waals surface area contributed by atoms with E-state index in [1.54, 1.807) is 17.2 Å². The van der Waals surface area contributed by atoms with Gasteiger partial charge in [-0.1, -0.05) is 48.5 Å². The molecular weight excluding hydrogens is 314 g/mol. The van der Waals surface area contributed by atoms with Crippen molar-refractivity contribution in [3.05, 3.63) is 84.3 Å². The fourth-order valence-corrected chi connectivity index (χ4v) is 2.85. The van der Waals surface area contributed by atoms with Crippen LogP contribution in [0.15, 0.2) is 73.1 Å². The summed E-state index contributed by atoms with van der Waals surface area (Å²) in [6.45, 7) is 0.461. The predicted octanol–water partition coefficient (Wildman–Crippen LogP) is 2.93. The number of hydrogen-bond acceptors (Lipinski definition) is 3. The maximum absolute atomic E-state index is 12.7. The van der Waals surface area contributed by atoms with E-state index in [1.807, 2.05) is 60.7 Å². The summed E-state index contributed by atoms with van der Waals surface area (Å²) in [5.74, 6) is -0.155. The minimum absolute atomic E-state index is 0.155. The summed E-state index contributed by atoms with van der Waals surface area (Å²) >= 11 is 0. The molecule has 2 aromatic carbocycles. The molecule has 124 valence electrons. The molecule has 1 atom stereocenters. The van der Waals surface area contributed by atoms with Crippen LogP contribution < -0.4 is 5.32 Å². The van der Waals surface area contributed by atoms with Gasteiger partial charge in [-0.15, -0.1) is 0 Å². The van der Waals surface area contributed by atoms with E-state index in [0.717, 1.165) is 16.5 Å². The molecular formula is C19H17N5O. The highest BCUT2D eigenvalue weighted by molar-refractivity contribution is 5.98. The Morgan fingerprint density at radius 1 is 1.04 bits per heavy atom. The van der Waals surface area contributed by atoms with Crippen molar-refractivity contribution >= 4 is 16.8 Å². The van der Waals surface area contributed by atoms with Gasteiger partial charge in [0.15, 0.2) is 0 Å². The van der Waals surface area contributed by atoms with E-state index in [2.05, 4.69) is 20.5 Å². The van der Waals surface area contributed by atoms with Crippen molar-refractivity contribution in [2.24, 2.45) is 0 Å². The van der Waals surface area contributed by atoms with Crippen molar-refractivity contribution in [2.45, 2.75) is 12.6 Å². The molecule has 1 amide bonds. The number of carbonyl (C=O) groups excluding carboxylic acids is 1. The van der Waals surface area contributed by atoms with Gasteiger partial charge in [0.25, 0.3) is 5.91 Å². The zero-order valence-electron chi connectivity index (χ0n) is 13.5. The largest absolute Gasteiger partial charge is 0.351 e. The van der Waals surface area contributed by atoms with Crippen LogP contribution in [-0.2, 0) is 6.54 Å². The molecule has 4 rings (SSSR count). The molecule has 0 aliphatic heterocycles. The number of fused-ring (bicyclic) bond motifs is 1.